The SMILES string of the molecule is FC(Cl)(c1ccccc1)C(F)(Cl)c1ccccc1. The standard InChI is InChI=1S/C14H10Cl2F2/c15-13(17,11-7-3-1-4-8-11)14(16,18)12-9-5-2-6-10-12/h1-10H. The lowest BCUT2D eigenvalue weighted by Gasteiger charge is -2.30. The molecule has 0 aliphatic carbocycles. The van der Waals surface area contributed by atoms with E-state index in [-0.39, 0.29) is 11.1 Å². The highest BCUT2D eigenvalue weighted by Gasteiger charge is 2.53. The van der Waals surface area contributed by atoms with Gasteiger partial charge in [-0.2, -0.15) is 0 Å². The lowest BCUT2D eigenvalue weighted by atomic mass is 9.99. The topological polar surface area (TPSA) is 0 Å². The van der Waals surface area contributed by atoms with E-state index in [0.717, 1.165) is 0 Å². The average molecular weight is 287 g/mol. The van der Waals surface area contributed by atoms with Gasteiger partial charge >= 0.3 is 0 Å². The molecular weight excluding hydrogens is 277 g/mol. The summed E-state index contributed by atoms with van der Waals surface area (Å²) in [6.07, 6.45) is 0. The van der Waals surface area contributed by atoms with Crippen LogP contribution in [0.3, 0.4) is 0 Å². The van der Waals surface area contributed by atoms with Crippen LogP contribution in [0.1, 0.15) is 11.1 Å². The zero-order chi connectivity index (χ0) is 13.2. The van der Waals surface area contributed by atoms with Gasteiger partial charge in [-0.05, 0) is 0 Å². The van der Waals surface area contributed by atoms with Gasteiger partial charge < -0.3 is 0 Å². The molecule has 4 heteroatoms. The fraction of sp³-hybridized carbons (Fsp3) is 0.143. The Balaban J connectivity index is 2.47. The van der Waals surface area contributed by atoms with Crippen molar-refractivity contribution in [3.63, 3.8) is 0 Å². The highest BCUT2D eigenvalue weighted by Crippen LogP contribution is 2.52. The summed E-state index contributed by atoms with van der Waals surface area (Å²) in [7, 11) is 0. The Kier molecular flexibility index (Phi) is 3.60. The van der Waals surface area contributed by atoms with Gasteiger partial charge in [0, 0.05) is 11.1 Å². The van der Waals surface area contributed by atoms with Gasteiger partial charge in [0.2, 0.25) is 0 Å². The molecule has 0 saturated carbocycles. The van der Waals surface area contributed by atoms with Crippen molar-refractivity contribution in [1.29, 1.82) is 0 Å². The zero-order valence-electron chi connectivity index (χ0n) is 9.29. The molecule has 2 unspecified atom stereocenters. The lowest BCUT2D eigenvalue weighted by molar-refractivity contribution is 0.0883. The maximum absolute atomic E-state index is 14.5. The first-order chi connectivity index (χ1) is 8.46. The van der Waals surface area contributed by atoms with E-state index in [2.05, 4.69) is 0 Å². The van der Waals surface area contributed by atoms with Gasteiger partial charge in [-0.15, -0.1) is 0 Å². The maximum atomic E-state index is 14.5. The van der Waals surface area contributed by atoms with Crippen molar-refractivity contribution in [3.05, 3.63) is 71.8 Å². The largest absolute Gasteiger partial charge is 0.260 e. The first kappa shape index (κ1) is 13.3. The van der Waals surface area contributed by atoms with E-state index < -0.39 is 10.3 Å². The summed E-state index contributed by atoms with van der Waals surface area (Å²) >= 11 is 11.4. The molecular formula is C14H10Cl2F2. The van der Waals surface area contributed by atoms with E-state index in [1.807, 2.05) is 0 Å². The molecule has 0 aliphatic heterocycles. The number of benzene rings is 2. The molecule has 0 spiro atoms. The van der Waals surface area contributed by atoms with Crippen molar-refractivity contribution in [2.75, 3.05) is 0 Å². The molecule has 94 valence electrons. The Morgan fingerprint density at radius 2 is 0.889 bits per heavy atom. The van der Waals surface area contributed by atoms with E-state index >= 15 is 0 Å². The molecule has 0 amide bonds. The minimum Gasteiger partial charge on any atom is -0.215 e. The van der Waals surface area contributed by atoms with Crippen LogP contribution in [0.25, 0.3) is 0 Å². The van der Waals surface area contributed by atoms with Crippen LogP contribution in [0.15, 0.2) is 60.7 Å². The third kappa shape index (κ3) is 2.23. The minimum absolute atomic E-state index is 0.0204. The van der Waals surface area contributed by atoms with Crippen molar-refractivity contribution in [3.8, 4) is 0 Å². The quantitative estimate of drug-likeness (QED) is 0.688. The molecule has 0 bridgehead atoms. The van der Waals surface area contributed by atoms with E-state index in [1.165, 1.54) is 24.3 Å². The van der Waals surface area contributed by atoms with Gasteiger partial charge in [0.1, 0.15) is 0 Å². The molecule has 0 aliphatic rings. The summed E-state index contributed by atoms with van der Waals surface area (Å²) in [5, 5.41) is -5.67. The average Bonchev–Trinajstić information content (AvgIpc) is 2.40. The summed E-state index contributed by atoms with van der Waals surface area (Å²) in [5.41, 5.74) is -0.0407. The Morgan fingerprint density at radius 1 is 0.611 bits per heavy atom. The molecule has 0 nitrogen and oxygen atoms in total. The highest BCUT2D eigenvalue weighted by atomic mass is 35.5. The lowest BCUT2D eigenvalue weighted by Crippen LogP contribution is -2.33. The summed E-state index contributed by atoms with van der Waals surface area (Å²) in [6.45, 7) is 0. The molecule has 0 aromatic heterocycles. The second kappa shape index (κ2) is 4.87. The fourth-order valence-corrected chi connectivity index (χ4v) is 2.13. The van der Waals surface area contributed by atoms with E-state index in [4.69, 9.17) is 23.2 Å². The van der Waals surface area contributed by atoms with Crippen molar-refractivity contribution in [1.82, 2.24) is 0 Å². The van der Waals surface area contributed by atoms with Crippen LogP contribution >= 0.6 is 23.2 Å². The van der Waals surface area contributed by atoms with Crippen LogP contribution in [-0.4, -0.2) is 0 Å². The summed E-state index contributed by atoms with van der Waals surface area (Å²) in [4.78, 5) is 0. The smallest absolute Gasteiger partial charge is 0.215 e. The van der Waals surface area contributed by atoms with Gasteiger partial charge in [-0.1, -0.05) is 83.9 Å². The second-order valence-electron chi connectivity index (χ2n) is 3.88. The van der Waals surface area contributed by atoms with Crippen LogP contribution in [0.2, 0.25) is 0 Å². The van der Waals surface area contributed by atoms with E-state index in [0.29, 0.717) is 0 Å². The monoisotopic (exact) mass is 286 g/mol. The third-order valence-corrected chi connectivity index (χ3v) is 3.72. The van der Waals surface area contributed by atoms with Crippen LogP contribution in [-0.2, 0) is 10.3 Å². The van der Waals surface area contributed by atoms with Crippen molar-refractivity contribution >= 4 is 23.2 Å². The second-order valence-corrected chi connectivity index (χ2v) is 4.92. The molecule has 0 N–H and O–H groups in total. The van der Waals surface area contributed by atoms with Gasteiger partial charge in [-0.25, -0.2) is 8.78 Å². The molecule has 2 atom stereocenters. The van der Waals surface area contributed by atoms with E-state index in [9.17, 15) is 8.78 Å². The molecule has 18 heavy (non-hydrogen) atoms. The van der Waals surface area contributed by atoms with Crippen molar-refractivity contribution in [2.24, 2.45) is 0 Å². The van der Waals surface area contributed by atoms with Crippen LogP contribution in [0, 0.1) is 0 Å². The number of rotatable bonds is 3. The first-order valence-corrected chi connectivity index (χ1v) is 6.08. The van der Waals surface area contributed by atoms with Gasteiger partial charge in [0.15, 0.2) is 0 Å². The summed E-state index contributed by atoms with van der Waals surface area (Å²) < 4.78 is 29.1. The number of halogens is 4. The zero-order valence-corrected chi connectivity index (χ0v) is 10.8. The van der Waals surface area contributed by atoms with Crippen molar-refractivity contribution in [2.45, 2.75) is 10.3 Å². The van der Waals surface area contributed by atoms with E-state index in [1.54, 1.807) is 36.4 Å². The third-order valence-electron chi connectivity index (χ3n) is 2.67. The fourth-order valence-electron chi connectivity index (χ4n) is 1.66. The van der Waals surface area contributed by atoms with Crippen molar-refractivity contribution < 1.29 is 8.78 Å². The minimum atomic E-state index is -2.84. The number of alkyl halides is 4. The Labute approximate surface area is 114 Å². The first-order valence-electron chi connectivity index (χ1n) is 5.33. The van der Waals surface area contributed by atoms with Crippen LogP contribution < -0.4 is 0 Å². The molecule has 2 aromatic carbocycles. The van der Waals surface area contributed by atoms with Gasteiger partial charge in [-0.3, -0.25) is 0 Å². The van der Waals surface area contributed by atoms with Gasteiger partial charge in [0.05, 0.1) is 0 Å². The molecule has 2 rings (SSSR count). The molecule has 0 fully saturated rings. The Morgan fingerprint density at radius 3 is 1.17 bits per heavy atom. The number of hydrogen-bond acceptors (Lipinski definition) is 0. The molecule has 0 radical (unpaired) electrons. The highest BCUT2D eigenvalue weighted by molar-refractivity contribution is 6.33. The predicted octanol–water partition coefficient (Wildman–Crippen LogP) is 5.11. The summed E-state index contributed by atoms with van der Waals surface area (Å²) in [6, 6.07) is 15.3. The number of hydrogen-bond donors (Lipinski definition) is 0. The van der Waals surface area contributed by atoms with Gasteiger partial charge in [0.25, 0.3) is 10.3 Å². The Bertz CT molecular complexity index is 460. The van der Waals surface area contributed by atoms with Crippen LogP contribution in [0.4, 0.5) is 8.78 Å². The molecule has 0 saturated heterocycles. The molecule has 0 heterocycles. The Hall–Kier alpha value is -1.12. The molecule has 2 aromatic rings. The predicted molar refractivity (Wildman–Crippen MR) is 70.2 cm³/mol. The maximum Gasteiger partial charge on any atom is 0.260 e. The normalized spacial score (nSPS) is 17.8. The summed E-state index contributed by atoms with van der Waals surface area (Å²) in [5.74, 6) is 0. The van der Waals surface area contributed by atoms with Crippen LogP contribution in [0.5, 0.6) is 0 Å².